The van der Waals surface area contributed by atoms with Crippen LogP contribution in [0.1, 0.15) is 36.2 Å². The molecule has 2 aromatic carbocycles. The number of hydrogen-bond acceptors (Lipinski definition) is 6. The second-order valence-corrected chi connectivity index (χ2v) is 8.48. The smallest absolute Gasteiger partial charge is 0.338 e. The summed E-state index contributed by atoms with van der Waals surface area (Å²) in [4.78, 5) is 42.2. The number of hydrogen-bond donors (Lipinski definition) is 1. The minimum atomic E-state index is -1.99. The minimum Gasteiger partial charge on any atom is -0.462 e. The molecule has 0 aromatic heterocycles. The van der Waals surface area contributed by atoms with Crippen molar-refractivity contribution in [2.45, 2.75) is 32.1 Å². The van der Waals surface area contributed by atoms with Crippen LogP contribution in [0.3, 0.4) is 0 Å². The molecule has 1 fully saturated rings. The fraction of sp³-hybridized carbons (Fsp3) is 0.304. The number of nitrogens with one attached hydrogen (secondary N) is 1. The van der Waals surface area contributed by atoms with Crippen LogP contribution in [0.15, 0.2) is 35.3 Å². The van der Waals surface area contributed by atoms with Crippen molar-refractivity contribution >= 4 is 40.4 Å². The van der Waals surface area contributed by atoms with E-state index in [1.807, 2.05) is 0 Å². The summed E-state index contributed by atoms with van der Waals surface area (Å²) < 4.78 is 60.0. The molecule has 0 unspecified atom stereocenters. The van der Waals surface area contributed by atoms with E-state index in [1.165, 1.54) is 24.3 Å². The van der Waals surface area contributed by atoms with Gasteiger partial charge in [0.15, 0.2) is 28.4 Å². The highest BCUT2D eigenvalue weighted by atomic mass is 32.2. The van der Waals surface area contributed by atoms with Gasteiger partial charge < -0.3 is 10.1 Å². The molecule has 1 N–H and O–H groups in total. The summed E-state index contributed by atoms with van der Waals surface area (Å²) >= 11 is 0.921. The van der Waals surface area contributed by atoms with Crippen molar-refractivity contribution in [3.05, 3.63) is 64.7 Å². The molecule has 1 aliphatic heterocycles. The highest BCUT2D eigenvalue weighted by Crippen LogP contribution is 2.33. The number of rotatable bonds is 8. The summed E-state index contributed by atoms with van der Waals surface area (Å²) in [7, 11) is 0. The number of esters is 1. The summed E-state index contributed by atoms with van der Waals surface area (Å²) in [6, 6.07) is 6.35. The molecule has 12 heteroatoms. The summed E-state index contributed by atoms with van der Waals surface area (Å²) in [5, 5.41) is 1.69. The molecule has 3 rings (SSSR count). The first-order valence-electron chi connectivity index (χ1n) is 10.6. The Kier molecular flexibility index (Phi) is 8.49. The van der Waals surface area contributed by atoms with Gasteiger partial charge in [0.25, 0.3) is 0 Å². The van der Waals surface area contributed by atoms with Crippen LogP contribution in [0, 0.1) is 23.3 Å². The molecule has 35 heavy (non-hydrogen) atoms. The van der Waals surface area contributed by atoms with E-state index in [2.05, 4.69) is 10.3 Å². The Hall–Kier alpha value is -3.41. The molecule has 1 heterocycles. The number of aliphatic imine (C=N–C) groups is 1. The van der Waals surface area contributed by atoms with Crippen molar-refractivity contribution in [3.8, 4) is 0 Å². The van der Waals surface area contributed by atoms with E-state index < -0.39 is 58.4 Å². The van der Waals surface area contributed by atoms with Gasteiger partial charge in [0.1, 0.15) is 5.25 Å². The molecule has 0 bridgehead atoms. The number of thioether (sulfide) groups is 1. The molecule has 0 saturated carbocycles. The number of nitrogens with zero attached hydrogens (tertiary/aromatic N) is 2. The lowest BCUT2D eigenvalue weighted by molar-refractivity contribution is -0.129. The Balaban J connectivity index is 1.94. The van der Waals surface area contributed by atoms with Gasteiger partial charge in [-0.15, -0.1) is 0 Å². The van der Waals surface area contributed by atoms with E-state index in [4.69, 9.17) is 4.74 Å². The zero-order chi connectivity index (χ0) is 25.7. The van der Waals surface area contributed by atoms with Crippen LogP contribution in [0.5, 0.6) is 0 Å². The van der Waals surface area contributed by atoms with Gasteiger partial charge in [-0.1, -0.05) is 11.8 Å². The molecule has 1 saturated heterocycles. The van der Waals surface area contributed by atoms with Gasteiger partial charge in [0, 0.05) is 18.5 Å². The minimum absolute atomic E-state index is 0.0396. The first-order valence-corrected chi connectivity index (χ1v) is 11.5. The predicted molar refractivity (Wildman–Crippen MR) is 121 cm³/mol. The largest absolute Gasteiger partial charge is 0.462 e. The Morgan fingerprint density at radius 2 is 1.77 bits per heavy atom. The van der Waals surface area contributed by atoms with Crippen molar-refractivity contribution in [1.29, 1.82) is 0 Å². The third kappa shape index (κ3) is 5.99. The number of benzene rings is 2. The van der Waals surface area contributed by atoms with Gasteiger partial charge in [-0.05, 0) is 44.2 Å². The Bertz CT molecular complexity index is 1170. The topological polar surface area (TPSA) is 88.1 Å². The standard InChI is InChI=1S/C23H21F4N3O4S/c1-3-28-17(31)10-16-21(32)30(11-13-9-15(24)19(26)20(27)18(13)25)23(35-16)29-14-7-5-12(6-8-14)22(33)34-4-2/h5-9,16H,3-4,10-11H2,1-2H3,(H,28,31)/t16-/m1/s1. The van der Waals surface area contributed by atoms with Crippen LogP contribution in [0.25, 0.3) is 0 Å². The number of amidine groups is 1. The zero-order valence-electron chi connectivity index (χ0n) is 18.7. The molecule has 0 aliphatic carbocycles. The maximum Gasteiger partial charge on any atom is 0.338 e. The molecular weight excluding hydrogens is 490 g/mol. The van der Waals surface area contributed by atoms with Crippen molar-refractivity contribution in [2.75, 3.05) is 13.2 Å². The number of carbonyl (C=O) groups excluding carboxylic acids is 3. The predicted octanol–water partition coefficient (Wildman–Crippen LogP) is 4.08. The molecule has 1 aliphatic rings. The van der Waals surface area contributed by atoms with Crippen LogP contribution >= 0.6 is 11.8 Å². The van der Waals surface area contributed by atoms with Crippen molar-refractivity contribution in [1.82, 2.24) is 10.2 Å². The van der Waals surface area contributed by atoms with E-state index in [-0.39, 0.29) is 23.8 Å². The molecule has 0 spiro atoms. The number of amides is 2. The molecule has 186 valence electrons. The molecule has 7 nitrogen and oxygen atoms in total. The fourth-order valence-corrected chi connectivity index (χ4v) is 4.37. The quantitative estimate of drug-likeness (QED) is 0.250. The van der Waals surface area contributed by atoms with Crippen molar-refractivity contribution < 1.29 is 36.7 Å². The van der Waals surface area contributed by atoms with Crippen molar-refractivity contribution in [2.24, 2.45) is 4.99 Å². The number of ether oxygens (including phenoxy) is 1. The lowest BCUT2D eigenvalue weighted by atomic mass is 10.1. The normalized spacial score (nSPS) is 16.6. The molecule has 2 amide bonds. The van der Waals surface area contributed by atoms with Gasteiger partial charge >= 0.3 is 5.97 Å². The molecule has 0 radical (unpaired) electrons. The van der Waals surface area contributed by atoms with E-state index in [0.717, 1.165) is 16.7 Å². The van der Waals surface area contributed by atoms with Crippen LogP contribution in [0.4, 0.5) is 23.2 Å². The fourth-order valence-electron chi connectivity index (χ4n) is 3.21. The summed E-state index contributed by atoms with van der Waals surface area (Å²) in [5.41, 5.74) is -0.00966. The molecule has 1 atom stereocenters. The highest BCUT2D eigenvalue weighted by Gasteiger charge is 2.40. The van der Waals surface area contributed by atoms with E-state index in [0.29, 0.717) is 18.3 Å². The van der Waals surface area contributed by atoms with Crippen molar-refractivity contribution in [3.63, 3.8) is 0 Å². The maximum absolute atomic E-state index is 14.3. The van der Waals surface area contributed by atoms with Gasteiger partial charge in [0.2, 0.25) is 11.8 Å². The number of halogens is 4. The Labute approximate surface area is 202 Å². The Morgan fingerprint density at radius 1 is 1.09 bits per heavy atom. The van der Waals surface area contributed by atoms with Gasteiger partial charge in [-0.3, -0.25) is 14.5 Å². The number of carbonyl (C=O) groups is 3. The van der Waals surface area contributed by atoms with Crippen LogP contribution in [0.2, 0.25) is 0 Å². The van der Waals surface area contributed by atoms with Crippen LogP contribution < -0.4 is 5.32 Å². The lowest BCUT2D eigenvalue weighted by Gasteiger charge is -2.17. The van der Waals surface area contributed by atoms with Crippen LogP contribution in [-0.4, -0.2) is 46.3 Å². The second-order valence-electron chi connectivity index (χ2n) is 7.31. The first-order chi connectivity index (χ1) is 16.7. The monoisotopic (exact) mass is 511 g/mol. The maximum atomic E-state index is 14.3. The van der Waals surface area contributed by atoms with Crippen LogP contribution in [-0.2, 0) is 20.9 Å². The Morgan fingerprint density at radius 3 is 2.40 bits per heavy atom. The zero-order valence-corrected chi connectivity index (χ0v) is 19.6. The third-order valence-electron chi connectivity index (χ3n) is 4.87. The van der Waals surface area contributed by atoms with Gasteiger partial charge in [-0.25, -0.2) is 27.3 Å². The van der Waals surface area contributed by atoms with E-state index in [9.17, 15) is 31.9 Å². The summed E-state index contributed by atoms with van der Waals surface area (Å²) in [6.07, 6.45) is -0.205. The molecular formula is C23H21F4N3O4S. The third-order valence-corrected chi connectivity index (χ3v) is 6.05. The lowest BCUT2D eigenvalue weighted by Crippen LogP contribution is -2.34. The second kappa shape index (κ2) is 11.3. The van der Waals surface area contributed by atoms with Gasteiger partial charge in [0.05, 0.1) is 24.4 Å². The first kappa shape index (κ1) is 26.2. The SMILES string of the molecule is CCNC(=O)C[C@H]1SC(=Nc2ccc(C(=O)OCC)cc2)N(Cc2cc(F)c(F)c(F)c2F)C1=O. The summed E-state index contributed by atoms with van der Waals surface area (Å²) in [5.74, 6) is -8.76. The highest BCUT2D eigenvalue weighted by molar-refractivity contribution is 8.15. The van der Waals surface area contributed by atoms with E-state index >= 15 is 0 Å². The average Bonchev–Trinajstić information content (AvgIpc) is 3.10. The van der Waals surface area contributed by atoms with Gasteiger partial charge in [-0.2, -0.15) is 0 Å². The molecule has 2 aromatic rings. The average molecular weight is 511 g/mol. The van der Waals surface area contributed by atoms with E-state index in [1.54, 1.807) is 13.8 Å². The summed E-state index contributed by atoms with van der Waals surface area (Å²) in [6.45, 7) is 3.28.